The minimum atomic E-state index is -4.56. The second kappa shape index (κ2) is 4.02. The van der Waals surface area contributed by atoms with Crippen molar-refractivity contribution in [1.29, 1.82) is 0 Å². The summed E-state index contributed by atoms with van der Waals surface area (Å²) in [4.78, 5) is 0. The Balaban J connectivity index is 3.75. The molecule has 0 spiro atoms. The van der Waals surface area contributed by atoms with Gasteiger partial charge in [0.2, 0.25) is 0 Å². The summed E-state index contributed by atoms with van der Waals surface area (Å²) in [6.45, 7) is -0.801. The van der Waals surface area contributed by atoms with Crippen molar-refractivity contribution in [3.8, 4) is 0 Å². The molecule has 0 aliphatic rings. The first kappa shape index (κ1) is 11.6. The Bertz CT molecular complexity index is 130. The Morgan fingerprint density at radius 1 is 0.833 bits per heavy atom. The average molecular weight is 192 g/mol. The van der Waals surface area contributed by atoms with E-state index in [1.54, 1.807) is 0 Å². The maximum absolute atomic E-state index is 12.3. The van der Waals surface area contributed by atoms with E-state index in [1.807, 2.05) is 0 Å². The molecule has 74 valence electrons. The van der Waals surface area contributed by atoms with Crippen LogP contribution in [-0.4, -0.2) is 23.8 Å². The number of hydrogen-bond acceptors (Lipinski definition) is 1. The normalized spacial score (nSPS) is 13.5. The molecule has 1 nitrogen and oxygen atoms in total. The highest BCUT2D eigenvalue weighted by Crippen LogP contribution is 2.30. The molecule has 0 aliphatic carbocycles. The molecule has 0 amide bonds. The maximum Gasteiger partial charge on any atom is 0.389 e. The quantitative estimate of drug-likeness (QED) is 0.678. The van der Waals surface area contributed by atoms with E-state index < -0.39 is 38.0 Å². The van der Waals surface area contributed by atoms with Gasteiger partial charge in [0.1, 0.15) is 0 Å². The standard InChI is InChI=1S/C6H9F5O/c7-5(8,3-4-12)1-2-6(9,10)11/h12H,1-4H2. The highest BCUT2D eigenvalue weighted by atomic mass is 19.4. The summed E-state index contributed by atoms with van der Waals surface area (Å²) in [5.74, 6) is -3.41. The van der Waals surface area contributed by atoms with E-state index in [9.17, 15) is 22.0 Å². The summed E-state index contributed by atoms with van der Waals surface area (Å²) in [6.07, 6.45) is -8.24. The zero-order chi connectivity index (χ0) is 9.83. The van der Waals surface area contributed by atoms with Gasteiger partial charge in [-0.25, -0.2) is 8.78 Å². The summed E-state index contributed by atoms with van der Waals surface area (Å²) in [7, 11) is 0. The van der Waals surface area contributed by atoms with Crippen LogP contribution in [0, 0.1) is 0 Å². The number of rotatable bonds is 4. The minimum Gasteiger partial charge on any atom is -0.396 e. The van der Waals surface area contributed by atoms with Gasteiger partial charge in [0.25, 0.3) is 5.92 Å². The van der Waals surface area contributed by atoms with Crippen LogP contribution in [0.4, 0.5) is 22.0 Å². The van der Waals surface area contributed by atoms with Crippen LogP contribution in [0.5, 0.6) is 0 Å². The van der Waals surface area contributed by atoms with Crippen LogP contribution in [0.1, 0.15) is 19.3 Å². The molecule has 0 radical (unpaired) electrons. The molecule has 1 N–H and O–H groups in total. The van der Waals surface area contributed by atoms with Gasteiger partial charge in [-0.3, -0.25) is 0 Å². The highest BCUT2D eigenvalue weighted by Gasteiger charge is 2.35. The molecule has 0 unspecified atom stereocenters. The van der Waals surface area contributed by atoms with Gasteiger partial charge >= 0.3 is 6.18 Å². The largest absolute Gasteiger partial charge is 0.396 e. The number of hydrogen-bond donors (Lipinski definition) is 1. The predicted octanol–water partition coefficient (Wildman–Crippen LogP) is 2.35. The van der Waals surface area contributed by atoms with Crippen molar-refractivity contribution in [3.05, 3.63) is 0 Å². The molecule has 0 aliphatic heterocycles. The lowest BCUT2D eigenvalue weighted by Gasteiger charge is -2.15. The zero-order valence-corrected chi connectivity index (χ0v) is 6.17. The average Bonchev–Trinajstić information content (AvgIpc) is 1.83. The first-order valence-electron chi connectivity index (χ1n) is 3.32. The van der Waals surface area contributed by atoms with Crippen LogP contribution in [0.2, 0.25) is 0 Å². The Kier molecular flexibility index (Phi) is 3.89. The van der Waals surface area contributed by atoms with E-state index in [1.165, 1.54) is 0 Å². The fraction of sp³-hybridized carbons (Fsp3) is 1.00. The lowest BCUT2D eigenvalue weighted by Crippen LogP contribution is -2.21. The number of aliphatic hydroxyl groups is 1. The van der Waals surface area contributed by atoms with Crippen LogP contribution >= 0.6 is 0 Å². The van der Waals surface area contributed by atoms with Crippen molar-refractivity contribution in [2.45, 2.75) is 31.4 Å². The van der Waals surface area contributed by atoms with E-state index in [0.29, 0.717) is 0 Å². The molecule has 0 bridgehead atoms. The van der Waals surface area contributed by atoms with Gasteiger partial charge in [0.15, 0.2) is 0 Å². The topological polar surface area (TPSA) is 20.2 Å². The summed E-state index contributed by atoms with van der Waals surface area (Å²) in [5.41, 5.74) is 0. The van der Waals surface area contributed by atoms with Crippen LogP contribution in [0.15, 0.2) is 0 Å². The Labute approximate surface area is 66.2 Å². The molecule has 0 aromatic carbocycles. The maximum atomic E-state index is 12.3. The molecule has 0 saturated heterocycles. The van der Waals surface area contributed by atoms with Gasteiger partial charge in [0, 0.05) is 25.9 Å². The van der Waals surface area contributed by atoms with E-state index >= 15 is 0 Å². The van der Waals surface area contributed by atoms with Crippen LogP contribution in [-0.2, 0) is 0 Å². The SMILES string of the molecule is OCCC(F)(F)CCC(F)(F)F. The Hall–Kier alpha value is -0.390. The highest BCUT2D eigenvalue weighted by molar-refractivity contribution is 4.67. The predicted molar refractivity (Wildman–Crippen MR) is 31.9 cm³/mol. The molecule has 12 heavy (non-hydrogen) atoms. The fourth-order valence-corrected chi connectivity index (χ4v) is 0.613. The Morgan fingerprint density at radius 2 is 1.33 bits per heavy atom. The van der Waals surface area contributed by atoms with Crippen molar-refractivity contribution < 1.29 is 27.1 Å². The second-order valence-corrected chi connectivity index (χ2v) is 2.44. The van der Waals surface area contributed by atoms with Crippen LogP contribution in [0.25, 0.3) is 0 Å². The summed E-state index contributed by atoms with van der Waals surface area (Å²) < 4.78 is 58.9. The first-order chi connectivity index (χ1) is 5.27. The van der Waals surface area contributed by atoms with Gasteiger partial charge in [-0.15, -0.1) is 0 Å². The number of alkyl halides is 5. The Morgan fingerprint density at radius 3 is 1.67 bits per heavy atom. The van der Waals surface area contributed by atoms with Gasteiger partial charge in [0.05, 0.1) is 0 Å². The molecule has 6 heteroatoms. The molecule has 0 fully saturated rings. The number of aliphatic hydroxyl groups excluding tert-OH is 1. The molecule has 0 aromatic heterocycles. The van der Waals surface area contributed by atoms with Crippen molar-refractivity contribution in [2.24, 2.45) is 0 Å². The lowest BCUT2D eigenvalue weighted by atomic mass is 10.1. The third-order valence-corrected chi connectivity index (χ3v) is 1.25. The zero-order valence-electron chi connectivity index (χ0n) is 6.17. The van der Waals surface area contributed by atoms with Crippen LogP contribution < -0.4 is 0 Å². The third kappa shape index (κ3) is 6.33. The van der Waals surface area contributed by atoms with E-state index in [4.69, 9.17) is 5.11 Å². The molecule has 0 aromatic rings. The first-order valence-corrected chi connectivity index (χ1v) is 3.32. The fourth-order valence-electron chi connectivity index (χ4n) is 0.613. The molecule has 0 rings (SSSR count). The molecule has 0 heterocycles. The van der Waals surface area contributed by atoms with Gasteiger partial charge < -0.3 is 5.11 Å². The minimum absolute atomic E-state index is 0.801. The van der Waals surface area contributed by atoms with Crippen molar-refractivity contribution in [3.63, 3.8) is 0 Å². The van der Waals surface area contributed by atoms with E-state index in [0.717, 1.165) is 0 Å². The molecule has 0 atom stereocenters. The summed E-state index contributed by atoms with van der Waals surface area (Å²) >= 11 is 0. The van der Waals surface area contributed by atoms with Crippen molar-refractivity contribution >= 4 is 0 Å². The van der Waals surface area contributed by atoms with Crippen molar-refractivity contribution in [1.82, 2.24) is 0 Å². The second-order valence-electron chi connectivity index (χ2n) is 2.44. The summed E-state index contributed by atoms with van der Waals surface area (Å²) in [5, 5.41) is 8.07. The van der Waals surface area contributed by atoms with Crippen molar-refractivity contribution in [2.75, 3.05) is 6.61 Å². The van der Waals surface area contributed by atoms with Gasteiger partial charge in [-0.2, -0.15) is 13.2 Å². The van der Waals surface area contributed by atoms with E-state index in [-0.39, 0.29) is 0 Å². The third-order valence-electron chi connectivity index (χ3n) is 1.25. The van der Waals surface area contributed by atoms with Gasteiger partial charge in [-0.05, 0) is 0 Å². The summed E-state index contributed by atoms with van der Waals surface area (Å²) in [6, 6.07) is 0. The monoisotopic (exact) mass is 192 g/mol. The van der Waals surface area contributed by atoms with Crippen LogP contribution in [0.3, 0.4) is 0 Å². The van der Waals surface area contributed by atoms with Gasteiger partial charge in [-0.1, -0.05) is 0 Å². The smallest absolute Gasteiger partial charge is 0.389 e. The van der Waals surface area contributed by atoms with E-state index in [2.05, 4.69) is 0 Å². The molecular weight excluding hydrogens is 183 g/mol. The lowest BCUT2D eigenvalue weighted by molar-refractivity contribution is -0.153. The molecular formula is C6H9F5O. The molecule has 0 saturated carbocycles. The number of halogens is 5.